The summed E-state index contributed by atoms with van der Waals surface area (Å²) in [5.41, 5.74) is 0.367. The minimum atomic E-state index is -1.52. The first-order chi connectivity index (χ1) is 20.8. The fourth-order valence-corrected chi connectivity index (χ4v) is 4.96. The molecule has 0 saturated carbocycles. The van der Waals surface area contributed by atoms with Gasteiger partial charge in [0.1, 0.15) is 20.0 Å². The van der Waals surface area contributed by atoms with E-state index in [0.717, 1.165) is 28.7 Å². The average molecular weight is 603 g/mol. The second-order valence-electron chi connectivity index (χ2n) is 10.2. The van der Waals surface area contributed by atoms with Crippen LogP contribution in [0.4, 0.5) is 13.2 Å². The van der Waals surface area contributed by atoms with E-state index < -0.39 is 42.3 Å². The number of rotatable bonds is 13. The number of allylic oxidation sites excluding steroid dienone is 2. The van der Waals surface area contributed by atoms with Crippen molar-refractivity contribution in [2.45, 2.75) is 51.8 Å². The summed E-state index contributed by atoms with van der Waals surface area (Å²) in [6.07, 6.45) is 6.35. The Labute approximate surface area is 247 Å². The van der Waals surface area contributed by atoms with Crippen molar-refractivity contribution in [3.8, 4) is 17.2 Å². The van der Waals surface area contributed by atoms with Crippen molar-refractivity contribution in [2.75, 3.05) is 40.3 Å². The molecule has 11 heteroatoms. The van der Waals surface area contributed by atoms with Crippen LogP contribution in [0, 0.1) is 5.82 Å². The van der Waals surface area contributed by atoms with Crippen molar-refractivity contribution >= 4 is 10.9 Å². The molecule has 0 spiro atoms. The van der Waals surface area contributed by atoms with E-state index in [0.29, 0.717) is 49.7 Å². The molecule has 43 heavy (non-hydrogen) atoms. The Balaban J connectivity index is 1.77. The summed E-state index contributed by atoms with van der Waals surface area (Å²) in [5.74, 6) is -0.477. The highest BCUT2D eigenvalue weighted by molar-refractivity contribution is 5.80. The molecule has 2 heterocycles. The number of aromatic nitrogens is 2. The van der Waals surface area contributed by atoms with E-state index in [4.69, 9.17) is 18.9 Å². The second-order valence-corrected chi connectivity index (χ2v) is 10.2. The van der Waals surface area contributed by atoms with Gasteiger partial charge in [-0.15, -0.1) is 0 Å². The van der Waals surface area contributed by atoms with Crippen LogP contribution in [-0.4, -0.2) is 55.5 Å². The second kappa shape index (κ2) is 15.0. The van der Waals surface area contributed by atoms with Gasteiger partial charge < -0.3 is 18.9 Å². The third-order valence-corrected chi connectivity index (χ3v) is 7.32. The summed E-state index contributed by atoms with van der Waals surface area (Å²) < 4.78 is 66.0. The maximum absolute atomic E-state index is 15.1. The fraction of sp³-hybridized carbons (Fsp3) is 0.438. The van der Waals surface area contributed by atoms with Crippen LogP contribution in [0.2, 0.25) is 0 Å². The molecule has 0 N–H and O–H groups in total. The first kappa shape index (κ1) is 31.9. The van der Waals surface area contributed by atoms with E-state index in [1.807, 2.05) is 32.1 Å². The van der Waals surface area contributed by atoms with E-state index >= 15 is 4.39 Å². The van der Waals surface area contributed by atoms with E-state index in [-0.39, 0.29) is 23.5 Å². The largest absolute Gasteiger partial charge is 0.493 e. The van der Waals surface area contributed by atoms with E-state index in [1.165, 1.54) is 11.7 Å². The molecule has 1 saturated heterocycles. The molecule has 1 fully saturated rings. The Bertz CT molecular complexity index is 1590. The zero-order valence-electron chi connectivity index (χ0n) is 24.6. The normalized spacial score (nSPS) is 14.6. The number of methoxy groups -OCH3 is 1. The third kappa shape index (κ3) is 7.33. The molecule has 232 valence electrons. The zero-order chi connectivity index (χ0) is 30.9. The van der Waals surface area contributed by atoms with Crippen molar-refractivity contribution in [1.82, 2.24) is 9.13 Å². The summed E-state index contributed by atoms with van der Waals surface area (Å²) in [6.45, 7) is 2.64. The molecular weight excluding hydrogens is 565 g/mol. The van der Waals surface area contributed by atoms with Crippen LogP contribution in [0.1, 0.15) is 44.7 Å². The highest BCUT2D eigenvalue weighted by Gasteiger charge is 2.25. The predicted molar refractivity (Wildman–Crippen MR) is 159 cm³/mol. The number of fused-ring (bicyclic) bond motifs is 1. The molecule has 0 aliphatic carbocycles. The molecule has 8 nitrogen and oxygen atoms in total. The maximum atomic E-state index is 15.1. The lowest BCUT2D eigenvalue weighted by Crippen LogP contribution is -2.42. The minimum absolute atomic E-state index is 0.00936. The van der Waals surface area contributed by atoms with Gasteiger partial charge in [0.15, 0.2) is 29.2 Å². The van der Waals surface area contributed by atoms with Crippen LogP contribution in [0.3, 0.4) is 0 Å². The Hall–Kier alpha value is -3.99. The summed E-state index contributed by atoms with van der Waals surface area (Å²) in [4.78, 5) is 27.6. The van der Waals surface area contributed by atoms with Crippen LogP contribution in [0.15, 0.2) is 63.7 Å². The lowest BCUT2D eigenvalue weighted by molar-refractivity contribution is 0.0691. The van der Waals surface area contributed by atoms with Gasteiger partial charge in [-0.1, -0.05) is 31.2 Å². The molecule has 4 rings (SSSR count). The van der Waals surface area contributed by atoms with Gasteiger partial charge in [-0.05, 0) is 55.5 Å². The van der Waals surface area contributed by atoms with Crippen LogP contribution < -0.4 is 25.5 Å². The number of hydrogen-bond acceptors (Lipinski definition) is 6. The number of nitrogens with zero attached hydrogens (tertiary/aromatic N) is 2. The highest BCUT2D eigenvalue weighted by atomic mass is 19.1. The molecule has 0 atom stereocenters. The summed E-state index contributed by atoms with van der Waals surface area (Å²) in [7, 11) is 1.50. The number of alkyl halides is 2. The number of ether oxygens (including phenoxy) is 4. The third-order valence-electron chi connectivity index (χ3n) is 7.32. The molecular formula is C32H37F3N2O6. The van der Waals surface area contributed by atoms with Crippen molar-refractivity contribution < 1.29 is 32.1 Å². The fourth-order valence-electron chi connectivity index (χ4n) is 4.96. The molecule has 0 unspecified atom stereocenters. The molecule has 0 bridgehead atoms. The van der Waals surface area contributed by atoms with Gasteiger partial charge in [0, 0.05) is 25.3 Å². The van der Waals surface area contributed by atoms with Gasteiger partial charge in [0.2, 0.25) is 0 Å². The van der Waals surface area contributed by atoms with Crippen LogP contribution in [0.25, 0.3) is 10.9 Å². The molecule has 0 amide bonds. The molecule has 1 aromatic heterocycles. The lowest BCUT2D eigenvalue weighted by Gasteiger charge is -2.26. The summed E-state index contributed by atoms with van der Waals surface area (Å²) >= 11 is 0. The Morgan fingerprint density at radius 2 is 1.84 bits per heavy atom. The topological polar surface area (TPSA) is 80.9 Å². The van der Waals surface area contributed by atoms with Crippen molar-refractivity contribution in [3.05, 3.63) is 86.4 Å². The zero-order valence-corrected chi connectivity index (χ0v) is 24.6. The molecule has 3 aromatic rings. The van der Waals surface area contributed by atoms with E-state index in [9.17, 15) is 18.4 Å². The van der Waals surface area contributed by atoms with E-state index in [1.54, 1.807) is 18.2 Å². The predicted octanol–water partition coefficient (Wildman–Crippen LogP) is 5.69. The first-order valence-corrected chi connectivity index (χ1v) is 14.3. The van der Waals surface area contributed by atoms with Crippen LogP contribution in [0.5, 0.6) is 17.2 Å². The Morgan fingerprint density at radius 1 is 1.09 bits per heavy atom. The van der Waals surface area contributed by atoms with Gasteiger partial charge >= 0.3 is 5.69 Å². The highest BCUT2D eigenvalue weighted by Crippen LogP contribution is 2.30. The quantitative estimate of drug-likeness (QED) is 0.234. The van der Waals surface area contributed by atoms with Crippen molar-refractivity contribution in [3.63, 3.8) is 0 Å². The minimum Gasteiger partial charge on any atom is -0.493 e. The SMILES string of the molecule is C/C=C(\C=C/CC)COc1ccc(Cn2c(=O)c3cc(OC(CF)CF)c(F)cc3n(C3CCOCC3)c2=O)cc1OC. The Morgan fingerprint density at radius 3 is 2.49 bits per heavy atom. The van der Waals surface area contributed by atoms with Crippen molar-refractivity contribution in [2.24, 2.45) is 0 Å². The molecule has 2 aromatic carbocycles. The van der Waals surface area contributed by atoms with Gasteiger partial charge in [-0.3, -0.25) is 13.9 Å². The Kier molecular flexibility index (Phi) is 11.1. The summed E-state index contributed by atoms with van der Waals surface area (Å²) in [5, 5.41) is -0.00936. The number of benzene rings is 2. The van der Waals surface area contributed by atoms with Crippen LogP contribution in [-0.2, 0) is 11.3 Å². The van der Waals surface area contributed by atoms with E-state index in [2.05, 4.69) is 0 Å². The molecule has 1 aliphatic rings. The van der Waals surface area contributed by atoms with Gasteiger partial charge in [-0.2, -0.15) is 0 Å². The number of hydrogen-bond donors (Lipinski definition) is 0. The van der Waals surface area contributed by atoms with Gasteiger partial charge in [0.05, 0.1) is 24.6 Å². The standard InChI is InChI=1S/C32H37F3N2O6/c1-4-6-7-21(5-2)20-42-28-9-8-22(14-30(28)40-3)19-36-31(38)25-15-29(43-24(17-33)18-34)26(35)16-27(25)37(32(36)39)23-10-12-41-13-11-23/h5-9,14-16,23-24H,4,10-13,17-20H2,1-3H3/b7-6-,21-5+. The maximum Gasteiger partial charge on any atom is 0.332 e. The monoisotopic (exact) mass is 602 g/mol. The van der Waals surface area contributed by atoms with Gasteiger partial charge in [-0.25, -0.2) is 18.0 Å². The first-order valence-electron chi connectivity index (χ1n) is 14.3. The number of halogens is 3. The molecule has 0 radical (unpaired) electrons. The average Bonchev–Trinajstić information content (AvgIpc) is 3.03. The lowest BCUT2D eigenvalue weighted by atomic mass is 10.1. The summed E-state index contributed by atoms with van der Waals surface area (Å²) in [6, 6.07) is 6.91. The van der Waals surface area contributed by atoms with Crippen LogP contribution >= 0.6 is 0 Å². The van der Waals surface area contributed by atoms with Crippen molar-refractivity contribution in [1.29, 1.82) is 0 Å². The smallest absolute Gasteiger partial charge is 0.332 e. The van der Waals surface area contributed by atoms with Gasteiger partial charge in [0.25, 0.3) is 5.56 Å². The molecule has 1 aliphatic heterocycles.